The van der Waals surface area contributed by atoms with Gasteiger partial charge in [-0.15, -0.1) is 0 Å². The Morgan fingerprint density at radius 3 is 2.42 bits per heavy atom. The van der Waals surface area contributed by atoms with Crippen LogP contribution in [0.25, 0.3) is 11.1 Å². The van der Waals surface area contributed by atoms with Crippen molar-refractivity contribution in [1.82, 2.24) is 0 Å². The van der Waals surface area contributed by atoms with Gasteiger partial charge in [-0.3, -0.25) is 4.57 Å². The third kappa shape index (κ3) is 3.34. The molecule has 0 aliphatic heterocycles. The molecule has 2 aromatic carbocycles. The highest BCUT2D eigenvalue weighted by molar-refractivity contribution is 7.47. The molecule has 1 unspecified atom stereocenters. The average molecular weight is 274 g/mol. The summed E-state index contributed by atoms with van der Waals surface area (Å²) in [5, 5.41) is 0.611. The zero-order valence-corrected chi connectivity index (χ0v) is 12.1. The largest absolute Gasteiger partial charge is 0.343 e. The van der Waals surface area contributed by atoms with Crippen molar-refractivity contribution in [3.63, 3.8) is 0 Å². The van der Waals surface area contributed by atoms with E-state index in [1.165, 1.54) is 0 Å². The normalized spacial score (nSPS) is 12.3. The second kappa shape index (κ2) is 6.70. The van der Waals surface area contributed by atoms with Crippen molar-refractivity contribution in [3.05, 3.63) is 54.1 Å². The lowest BCUT2D eigenvalue weighted by Crippen LogP contribution is -2.07. The predicted octanol–water partition coefficient (Wildman–Crippen LogP) is 3.79. The van der Waals surface area contributed by atoms with Gasteiger partial charge in [-0.2, -0.15) is 0 Å². The summed E-state index contributed by atoms with van der Waals surface area (Å²) in [4.78, 5) is 9.52. The zero-order valence-electron chi connectivity index (χ0n) is 11.1. The summed E-state index contributed by atoms with van der Waals surface area (Å²) < 4.78 is 11.6. The maximum atomic E-state index is 11.6. The first-order chi connectivity index (χ1) is 9.24. The molecule has 0 spiro atoms. The summed E-state index contributed by atoms with van der Waals surface area (Å²) in [5.74, 6) is 0. The Balaban J connectivity index is 2.53. The minimum atomic E-state index is -2.65. The Morgan fingerprint density at radius 2 is 1.79 bits per heavy atom. The second-order valence-corrected chi connectivity index (χ2v) is 5.76. The van der Waals surface area contributed by atoms with Gasteiger partial charge in [0.25, 0.3) is 0 Å². The van der Waals surface area contributed by atoms with Gasteiger partial charge < -0.3 is 4.89 Å². The topological polar surface area (TPSA) is 37.3 Å². The van der Waals surface area contributed by atoms with E-state index in [0.717, 1.165) is 36.0 Å². The Bertz CT molecular complexity index is 564. The van der Waals surface area contributed by atoms with E-state index in [9.17, 15) is 9.46 Å². The summed E-state index contributed by atoms with van der Waals surface area (Å²) in [6.45, 7) is 2.13. The SMILES string of the molecule is CCCCc1c(-c2ccccc2)cccc1[PH](=O)O. The lowest BCUT2D eigenvalue weighted by molar-refractivity contribution is 0.513. The molecule has 0 aliphatic rings. The van der Waals surface area contributed by atoms with Crippen molar-refractivity contribution in [3.8, 4) is 11.1 Å². The van der Waals surface area contributed by atoms with Gasteiger partial charge in [0.15, 0.2) is 0 Å². The number of rotatable bonds is 5. The highest BCUT2D eigenvalue weighted by atomic mass is 31.1. The monoisotopic (exact) mass is 274 g/mol. The molecule has 2 nitrogen and oxygen atoms in total. The van der Waals surface area contributed by atoms with Gasteiger partial charge >= 0.3 is 0 Å². The van der Waals surface area contributed by atoms with Crippen molar-refractivity contribution in [2.75, 3.05) is 0 Å². The van der Waals surface area contributed by atoms with Crippen LogP contribution in [0.4, 0.5) is 0 Å². The predicted molar refractivity (Wildman–Crippen MR) is 81.3 cm³/mol. The number of benzene rings is 2. The fourth-order valence-electron chi connectivity index (χ4n) is 2.30. The minimum absolute atomic E-state index is 0.611. The summed E-state index contributed by atoms with van der Waals surface area (Å²) in [6, 6.07) is 15.7. The van der Waals surface area contributed by atoms with E-state index in [-0.39, 0.29) is 0 Å². The van der Waals surface area contributed by atoms with E-state index < -0.39 is 8.03 Å². The van der Waals surface area contributed by atoms with Gasteiger partial charge in [0.05, 0.1) is 0 Å². The standard InChI is InChI=1S/C16H19O2P/c1-2-3-10-15-14(13-8-5-4-6-9-13)11-7-12-16(15)19(17)18/h4-9,11-12,19H,2-3,10H2,1H3,(H,17,18). The van der Waals surface area contributed by atoms with Gasteiger partial charge in [-0.1, -0.05) is 55.8 Å². The lowest BCUT2D eigenvalue weighted by atomic mass is 9.96. The van der Waals surface area contributed by atoms with Crippen molar-refractivity contribution in [1.29, 1.82) is 0 Å². The van der Waals surface area contributed by atoms with E-state index in [4.69, 9.17) is 0 Å². The van der Waals surface area contributed by atoms with Crippen LogP contribution in [0.2, 0.25) is 0 Å². The first-order valence-corrected chi connectivity index (χ1v) is 8.00. The van der Waals surface area contributed by atoms with Crippen molar-refractivity contribution < 1.29 is 9.46 Å². The summed E-state index contributed by atoms with van der Waals surface area (Å²) in [6.07, 6.45) is 2.97. The van der Waals surface area contributed by atoms with E-state index in [1.807, 2.05) is 42.5 Å². The Kier molecular flexibility index (Phi) is 4.95. The maximum absolute atomic E-state index is 11.6. The van der Waals surface area contributed by atoms with Crippen LogP contribution in [-0.4, -0.2) is 4.89 Å². The van der Waals surface area contributed by atoms with Crippen molar-refractivity contribution in [2.24, 2.45) is 0 Å². The zero-order chi connectivity index (χ0) is 13.7. The first-order valence-electron chi connectivity index (χ1n) is 6.64. The van der Waals surface area contributed by atoms with Gasteiger partial charge in [-0.05, 0) is 35.6 Å². The van der Waals surface area contributed by atoms with Crippen molar-refractivity contribution >= 4 is 13.3 Å². The molecule has 0 heterocycles. The molecule has 0 saturated carbocycles. The summed E-state index contributed by atoms with van der Waals surface area (Å²) in [7, 11) is -2.65. The van der Waals surface area contributed by atoms with Crippen LogP contribution in [-0.2, 0) is 11.0 Å². The molecule has 0 aliphatic carbocycles. The summed E-state index contributed by atoms with van der Waals surface area (Å²) >= 11 is 0. The number of hydrogen-bond acceptors (Lipinski definition) is 1. The maximum Gasteiger partial charge on any atom is 0.218 e. The quantitative estimate of drug-likeness (QED) is 0.842. The molecule has 1 N–H and O–H groups in total. The van der Waals surface area contributed by atoms with Gasteiger partial charge in [-0.25, -0.2) is 0 Å². The Hall–Kier alpha value is -1.37. The van der Waals surface area contributed by atoms with Crippen LogP contribution in [0.15, 0.2) is 48.5 Å². The molecule has 19 heavy (non-hydrogen) atoms. The molecule has 2 aromatic rings. The van der Waals surface area contributed by atoms with Crippen LogP contribution in [0.1, 0.15) is 25.3 Å². The highest BCUT2D eigenvalue weighted by Crippen LogP contribution is 2.28. The molecular formula is C16H19O2P. The molecule has 0 amide bonds. The van der Waals surface area contributed by atoms with E-state index in [1.54, 1.807) is 6.07 Å². The van der Waals surface area contributed by atoms with Crippen LogP contribution in [0.5, 0.6) is 0 Å². The highest BCUT2D eigenvalue weighted by Gasteiger charge is 2.12. The number of hydrogen-bond donors (Lipinski definition) is 1. The fraction of sp³-hybridized carbons (Fsp3) is 0.250. The minimum Gasteiger partial charge on any atom is -0.343 e. The van der Waals surface area contributed by atoms with Gasteiger partial charge in [0.2, 0.25) is 8.03 Å². The molecule has 2 rings (SSSR count). The molecule has 0 aromatic heterocycles. The van der Waals surface area contributed by atoms with Crippen LogP contribution < -0.4 is 5.30 Å². The first kappa shape index (κ1) is 14.0. The van der Waals surface area contributed by atoms with Crippen LogP contribution >= 0.6 is 8.03 Å². The molecule has 100 valence electrons. The van der Waals surface area contributed by atoms with Crippen LogP contribution in [0.3, 0.4) is 0 Å². The summed E-state index contributed by atoms with van der Waals surface area (Å²) in [5.41, 5.74) is 3.22. The number of unbranched alkanes of at least 4 members (excludes halogenated alkanes) is 1. The molecule has 1 atom stereocenters. The van der Waals surface area contributed by atoms with E-state index in [2.05, 4.69) is 6.92 Å². The Morgan fingerprint density at radius 1 is 1.05 bits per heavy atom. The van der Waals surface area contributed by atoms with Crippen LogP contribution in [0, 0.1) is 0 Å². The Labute approximate surface area is 115 Å². The van der Waals surface area contributed by atoms with Gasteiger partial charge in [0.1, 0.15) is 0 Å². The molecule has 3 heteroatoms. The van der Waals surface area contributed by atoms with E-state index >= 15 is 0 Å². The smallest absolute Gasteiger partial charge is 0.218 e. The van der Waals surface area contributed by atoms with Crippen molar-refractivity contribution in [2.45, 2.75) is 26.2 Å². The third-order valence-electron chi connectivity index (χ3n) is 3.27. The van der Waals surface area contributed by atoms with E-state index in [0.29, 0.717) is 5.30 Å². The lowest BCUT2D eigenvalue weighted by Gasteiger charge is -2.13. The van der Waals surface area contributed by atoms with Gasteiger partial charge in [0, 0.05) is 5.30 Å². The molecule has 0 fully saturated rings. The molecule has 0 bridgehead atoms. The average Bonchev–Trinajstić information content (AvgIpc) is 2.45. The second-order valence-electron chi connectivity index (χ2n) is 4.61. The third-order valence-corrected chi connectivity index (χ3v) is 4.20. The molecular weight excluding hydrogens is 255 g/mol. The molecule has 0 saturated heterocycles. The fourth-order valence-corrected chi connectivity index (χ4v) is 3.05. The molecule has 0 radical (unpaired) electrons.